The number of hydrogen-bond donors (Lipinski definition) is 0. The lowest BCUT2D eigenvalue weighted by Crippen LogP contribution is -2.02. The van der Waals surface area contributed by atoms with Gasteiger partial charge in [0.25, 0.3) is 0 Å². The zero-order valence-electron chi connectivity index (χ0n) is 9.40. The first-order valence-corrected chi connectivity index (χ1v) is 8.18. The van der Waals surface area contributed by atoms with Crippen LogP contribution in [-0.2, 0) is 0 Å². The minimum Gasteiger partial charge on any atom is -0.293 e. The Kier molecular flexibility index (Phi) is 5.26. The summed E-state index contributed by atoms with van der Waals surface area (Å²) in [6.07, 6.45) is 0. The van der Waals surface area contributed by atoms with Crippen LogP contribution in [0.3, 0.4) is 0 Å². The summed E-state index contributed by atoms with van der Waals surface area (Å²) in [5.41, 5.74) is 0.773. The van der Waals surface area contributed by atoms with Crippen LogP contribution in [-0.4, -0.2) is 11.5 Å². The van der Waals surface area contributed by atoms with Crippen LogP contribution >= 0.6 is 50.3 Å². The number of ketones is 1. The van der Waals surface area contributed by atoms with Gasteiger partial charge in [-0.1, -0.05) is 24.3 Å². The van der Waals surface area contributed by atoms with Crippen LogP contribution in [0.1, 0.15) is 10.4 Å². The Morgan fingerprint density at radius 2 is 1.78 bits per heavy atom. The van der Waals surface area contributed by atoms with Crippen LogP contribution in [0, 0.1) is 3.57 Å². The molecule has 0 aliphatic heterocycles. The molecule has 0 aromatic heterocycles. The van der Waals surface area contributed by atoms with E-state index in [1.54, 1.807) is 11.8 Å². The highest BCUT2D eigenvalue weighted by molar-refractivity contribution is 14.1. The molecule has 2 rings (SSSR count). The van der Waals surface area contributed by atoms with E-state index in [4.69, 9.17) is 0 Å². The van der Waals surface area contributed by atoms with Crippen molar-refractivity contribution in [3.63, 3.8) is 0 Å². The van der Waals surface area contributed by atoms with Crippen molar-refractivity contribution in [1.29, 1.82) is 0 Å². The first-order valence-electron chi connectivity index (χ1n) is 5.33. The van der Waals surface area contributed by atoms with Gasteiger partial charge in [-0.25, -0.2) is 0 Å². The maximum Gasteiger partial charge on any atom is 0.173 e. The molecule has 2 aromatic rings. The van der Waals surface area contributed by atoms with Gasteiger partial charge in [-0.15, -0.1) is 11.8 Å². The molecule has 0 unspecified atom stereocenters. The Labute approximate surface area is 133 Å². The molecule has 18 heavy (non-hydrogen) atoms. The van der Waals surface area contributed by atoms with E-state index in [1.165, 1.54) is 0 Å². The zero-order valence-corrected chi connectivity index (χ0v) is 14.0. The van der Waals surface area contributed by atoms with Crippen molar-refractivity contribution in [3.05, 3.63) is 62.1 Å². The Hall–Kier alpha value is -0.330. The van der Waals surface area contributed by atoms with E-state index in [0.29, 0.717) is 5.75 Å². The number of thioether (sulfide) groups is 1. The first-order chi connectivity index (χ1) is 8.66. The molecule has 1 nitrogen and oxygen atoms in total. The van der Waals surface area contributed by atoms with E-state index in [-0.39, 0.29) is 5.78 Å². The SMILES string of the molecule is O=C(CSc1ccccc1Br)c1ccc(I)cc1. The largest absolute Gasteiger partial charge is 0.293 e. The smallest absolute Gasteiger partial charge is 0.173 e. The Morgan fingerprint density at radius 3 is 2.44 bits per heavy atom. The van der Waals surface area contributed by atoms with Gasteiger partial charge in [0, 0.05) is 18.5 Å². The van der Waals surface area contributed by atoms with E-state index < -0.39 is 0 Å². The van der Waals surface area contributed by atoms with Crippen LogP contribution in [0.5, 0.6) is 0 Å². The highest BCUT2D eigenvalue weighted by Crippen LogP contribution is 2.27. The lowest BCUT2D eigenvalue weighted by molar-refractivity contribution is 0.102. The van der Waals surface area contributed by atoms with Crippen LogP contribution < -0.4 is 0 Å². The Balaban J connectivity index is 2.01. The van der Waals surface area contributed by atoms with Crippen LogP contribution in [0.2, 0.25) is 0 Å². The predicted octanol–water partition coefficient (Wildman–Crippen LogP) is 5.03. The zero-order chi connectivity index (χ0) is 13.0. The van der Waals surface area contributed by atoms with Gasteiger partial charge in [0.05, 0.1) is 5.75 Å². The Bertz CT molecular complexity index is 554. The molecule has 0 bridgehead atoms. The predicted molar refractivity (Wildman–Crippen MR) is 88.4 cm³/mol. The second-order valence-corrected chi connectivity index (χ2v) is 6.77. The minimum absolute atomic E-state index is 0.159. The number of halogens is 2. The topological polar surface area (TPSA) is 17.1 Å². The lowest BCUT2D eigenvalue weighted by atomic mass is 10.2. The minimum atomic E-state index is 0.159. The first kappa shape index (κ1) is 14.1. The molecule has 4 heteroatoms. The van der Waals surface area contributed by atoms with E-state index in [2.05, 4.69) is 38.5 Å². The molecular weight excluding hydrogens is 423 g/mol. The van der Waals surface area contributed by atoms with E-state index >= 15 is 0 Å². The lowest BCUT2D eigenvalue weighted by Gasteiger charge is -2.04. The number of carbonyl (C=O) groups is 1. The molecule has 0 atom stereocenters. The number of hydrogen-bond acceptors (Lipinski definition) is 2. The van der Waals surface area contributed by atoms with Crippen molar-refractivity contribution >= 4 is 56.1 Å². The van der Waals surface area contributed by atoms with E-state index in [9.17, 15) is 4.79 Å². The van der Waals surface area contributed by atoms with Crippen LogP contribution in [0.15, 0.2) is 57.9 Å². The molecule has 0 amide bonds. The molecule has 0 heterocycles. The molecule has 0 radical (unpaired) electrons. The molecule has 0 spiro atoms. The van der Waals surface area contributed by atoms with Gasteiger partial charge in [-0.05, 0) is 62.8 Å². The number of benzene rings is 2. The van der Waals surface area contributed by atoms with Crippen molar-refractivity contribution < 1.29 is 4.79 Å². The maximum absolute atomic E-state index is 12.0. The molecular formula is C14H10BrIOS. The molecule has 0 saturated heterocycles. The highest BCUT2D eigenvalue weighted by atomic mass is 127. The normalized spacial score (nSPS) is 10.3. The summed E-state index contributed by atoms with van der Waals surface area (Å²) in [6.45, 7) is 0. The molecule has 0 aliphatic rings. The summed E-state index contributed by atoms with van der Waals surface area (Å²) < 4.78 is 2.17. The molecule has 0 aliphatic carbocycles. The van der Waals surface area contributed by atoms with Gasteiger partial charge < -0.3 is 0 Å². The van der Waals surface area contributed by atoms with Crippen molar-refractivity contribution in [2.24, 2.45) is 0 Å². The average molecular weight is 433 g/mol. The fourth-order valence-electron chi connectivity index (χ4n) is 1.42. The van der Waals surface area contributed by atoms with Gasteiger partial charge in [0.1, 0.15) is 0 Å². The fraction of sp³-hybridized carbons (Fsp3) is 0.0714. The summed E-state index contributed by atoms with van der Waals surface area (Å²) in [4.78, 5) is 13.1. The third-order valence-corrected chi connectivity index (χ3v) is 5.11. The highest BCUT2D eigenvalue weighted by Gasteiger charge is 2.07. The van der Waals surface area contributed by atoms with Gasteiger partial charge in [0.2, 0.25) is 0 Å². The van der Waals surface area contributed by atoms with Crippen molar-refractivity contribution in [3.8, 4) is 0 Å². The third kappa shape index (κ3) is 3.83. The number of carbonyl (C=O) groups excluding carboxylic acids is 1. The molecule has 0 fully saturated rings. The molecule has 92 valence electrons. The quantitative estimate of drug-likeness (QED) is 0.383. The summed E-state index contributed by atoms with van der Waals surface area (Å²) >= 11 is 7.27. The molecule has 2 aromatic carbocycles. The molecule has 0 N–H and O–H groups in total. The monoisotopic (exact) mass is 432 g/mol. The maximum atomic E-state index is 12.0. The van der Waals surface area contributed by atoms with Crippen molar-refractivity contribution in [2.75, 3.05) is 5.75 Å². The Morgan fingerprint density at radius 1 is 1.11 bits per heavy atom. The van der Waals surface area contributed by atoms with Gasteiger partial charge in [-0.2, -0.15) is 0 Å². The standard InChI is InChI=1S/C14H10BrIOS/c15-12-3-1-2-4-14(12)18-9-13(17)10-5-7-11(16)8-6-10/h1-8H,9H2. The summed E-state index contributed by atoms with van der Waals surface area (Å²) in [7, 11) is 0. The second kappa shape index (κ2) is 6.73. The van der Waals surface area contributed by atoms with Crippen molar-refractivity contribution in [2.45, 2.75) is 4.90 Å². The van der Waals surface area contributed by atoms with Gasteiger partial charge in [-0.3, -0.25) is 4.79 Å². The third-order valence-electron chi connectivity index (χ3n) is 2.36. The van der Waals surface area contributed by atoms with Gasteiger partial charge >= 0.3 is 0 Å². The van der Waals surface area contributed by atoms with Crippen LogP contribution in [0.25, 0.3) is 0 Å². The second-order valence-electron chi connectivity index (χ2n) is 3.65. The van der Waals surface area contributed by atoms with Crippen LogP contribution in [0.4, 0.5) is 0 Å². The number of rotatable bonds is 4. The summed E-state index contributed by atoms with van der Waals surface area (Å²) in [5.74, 6) is 0.621. The number of Topliss-reactive ketones (excluding diaryl/α,β-unsaturated/α-hetero) is 1. The fourth-order valence-corrected chi connectivity index (χ4v) is 3.25. The van der Waals surface area contributed by atoms with Crippen molar-refractivity contribution in [1.82, 2.24) is 0 Å². The van der Waals surface area contributed by atoms with E-state index in [1.807, 2.05) is 48.5 Å². The van der Waals surface area contributed by atoms with Gasteiger partial charge in [0.15, 0.2) is 5.78 Å². The summed E-state index contributed by atoms with van der Waals surface area (Å²) in [5, 5.41) is 0. The average Bonchev–Trinajstić information content (AvgIpc) is 2.38. The summed E-state index contributed by atoms with van der Waals surface area (Å²) in [6, 6.07) is 15.6. The van der Waals surface area contributed by atoms with E-state index in [0.717, 1.165) is 18.5 Å². The molecule has 0 saturated carbocycles.